The molecule has 0 spiro atoms. The number of hydrogen-bond donors (Lipinski definition) is 1. The van der Waals surface area contributed by atoms with Gasteiger partial charge >= 0.3 is 0 Å². The molecule has 0 aliphatic rings. The molecule has 0 fully saturated rings. The average molecular weight is 231 g/mol. The first-order valence-electron chi connectivity index (χ1n) is 6.39. The van der Waals surface area contributed by atoms with E-state index in [1.54, 1.807) is 14.2 Å². The standard InChI is InChI=1S/C13H29NO2/c1-12(2)10-13(6-5-8-15-3)11-14-7-9-16-4/h12-14H,5-11H2,1-4H3. The second-order valence-electron chi connectivity index (χ2n) is 4.83. The van der Waals surface area contributed by atoms with Crippen LogP contribution in [-0.4, -0.2) is 40.5 Å². The first-order chi connectivity index (χ1) is 7.70. The van der Waals surface area contributed by atoms with Crippen molar-refractivity contribution in [3.63, 3.8) is 0 Å². The summed E-state index contributed by atoms with van der Waals surface area (Å²) in [7, 11) is 3.51. The molecular weight excluding hydrogens is 202 g/mol. The summed E-state index contributed by atoms with van der Waals surface area (Å²) < 4.78 is 10.1. The molecule has 0 heterocycles. The molecule has 1 unspecified atom stereocenters. The molecule has 0 amide bonds. The van der Waals surface area contributed by atoms with Crippen LogP contribution < -0.4 is 5.32 Å². The Morgan fingerprint density at radius 3 is 2.31 bits per heavy atom. The zero-order valence-corrected chi connectivity index (χ0v) is 11.4. The molecule has 0 saturated carbocycles. The Morgan fingerprint density at radius 2 is 1.75 bits per heavy atom. The van der Waals surface area contributed by atoms with Gasteiger partial charge in [-0.25, -0.2) is 0 Å². The van der Waals surface area contributed by atoms with E-state index in [1.165, 1.54) is 19.3 Å². The second kappa shape index (κ2) is 11.4. The largest absolute Gasteiger partial charge is 0.385 e. The third-order valence-electron chi connectivity index (χ3n) is 2.68. The predicted molar refractivity (Wildman–Crippen MR) is 68.8 cm³/mol. The molecule has 0 saturated heterocycles. The molecule has 3 heteroatoms. The highest BCUT2D eigenvalue weighted by Gasteiger charge is 2.10. The summed E-state index contributed by atoms with van der Waals surface area (Å²) in [6.45, 7) is 8.32. The van der Waals surface area contributed by atoms with Crippen LogP contribution in [-0.2, 0) is 9.47 Å². The molecule has 0 aromatic heterocycles. The van der Waals surface area contributed by atoms with Gasteiger partial charge < -0.3 is 14.8 Å². The van der Waals surface area contributed by atoms with E-state index >= 15 is 0 Å². The lowest BCUT2D eigenvalue weighted by Gasteiger charge is -2.19. The van der Waals surface area contributed by atoms with Crippen molar-refractivity contribution in [2.45, 2.75) is 33.1 Å². The van der Waals surface area contributed by atoms with E-state index in [4.69, 9.17) is 9.47 Å². The average Bonchev–Trinajstić information content (AvgIpc) is 2.23. The van der Waals surface area contributed by atoms with Crippen LogP contribution in [0.5, 0.6) is 0 Å². The SMILES string of the molecule is COCCCC(CNCCOC)CC(C)C. The topological polar surface area (TPSA) is 30.5 Å². The molecule has 1 N–H and O–H groups in total. The highest BCUT2D eigenvalue weighted by atomic mass is 16.5. The molecule has 1 atom stereocenters. The first kappa shape index (κ1) is 15.9. The number of ether oxygens (including phenoxy) is 2. The smallest absolute Gasteiger partial charge is 0.0587 e. The van der Waals surface area contributed by atoms with Crippen LogP contribution in [0.4, 0.5) is 0 Å². The first-order valence-corrected chi connectivity index (χ1v) is 6.39. The summed E-state index contributed by atoms with van der Waals surface area (Å²) in [6, 6.07) is 0. The Kier molecular flexibility index (Phi) is 11.3. The van der Waals surface area contributed by atoms with Crippen LogP contribution in [0.3, 0.4) is 0 Å². The third-order valence-corrected chi connectivity index (χ3v) is 2.68. The molecule has 0 bridgehead atoms. The van der Waals surface area contributed by atoms with E-state index in [2.05, 4.69) is 19.2 Å². The molecule has 0 rings (SSSR count). The van der Waals surface area contributed by atoms with Crippen molar-refractivity contribution in [1.29, 1.82) is 0 Å². The summed E-state index contributed by atoms with van der Waals surface area (Å²) in [5.41, 5.74) is 0. The number of rotatable bonds is 11. The van der Waals surface area contributed by atoms with Gasteiger partial charge in [0, 0.05) is 27.4 Å². The van der Waals surface area contributed by atoms with Crippen LogP contribution >= 0.6 is 0 Å². The summed E-state index contributed by atoms with van der Waals surface area (Å²) in [4.78, 5) is 0. The van der Waals surface area contributed by atoms with Crippen LogP contribution in [0.25, 0.3) is 0 Å². The van der Waals surface area contributed by atoms with Gasteiger partial charge in [0.2, 0.25) is 0 Å². The van der Waals surface area contributed by atoms with Crippen molar-refractivity contribution in [3.8, 4) is 0 Å². The fourth-order valence-electron chi connectivity index (χ4n) is 1.97. The zero-order valence-electron chi connectivity index (χ0n) is 11.4. The van der Waals surface area contributed by atoms with Crippen LogP contribution in [0, 0.1) is 11.8 Å². The zero-order chi connectivity index (χ0) is 12.2. The van der Waals surface area contributed by atoms with Gasteiger partial charge in [-0.2, -0.15) is 0 Å². The number of nitrogens with one attached hydrogen (secondary N) is 1. The molecule has 0 aliphatic heterocycles. The molecule has 0 aromatic carbocycles. The van der Waals surface area contributed by atoms with Gasteiger partial charge in [-0.3, -0.25) is 0 Å². The van der Waals surface area contributed by atoms with E-state index in [1.807, 2.05) is 0 Å². The molecule has 0 aliphatic carbocycles. The predicted octanol–water partition coefficient (Wildman–Crippen LogP) is 2.31. The van der Waals surface area contributed by atoms with Gasteiger partial charge in [0.1, 0.15) is 0 Å². The summed E-state index contributed by atoms with van der Waals surface area (Å²) >= 11 is 0. The van der Waals surface area contributed by atoms with E-state index in [0.29, 0.717) is 0 Å². The minimum atomic E-state index is 0.770. The van der Waals surface area contributed by atoms with E-state index in [9.17, 15) is 0 Å². The Morgan fingerprint density at radius 1 is 1.06 bits per heavy atom. The summed E-state index contributed by atoms with van der Waals surface area (Å²) in [5, 5.41) is 3.45. The Bertz CT molecular complexity index is 140. The van der Waals surface area contributed by atoms with E-state index < -0.39 is 0 Å². The number of methoxy groups -OCH3 is 2. The van der Waals surface area contributed by atoms with Crippen molar-refractivity contribution < 1.29 is 9.47 Å². The number of hydrogen-bond acceptors (Lipinski definition) is 3. The Labute approximate surface area is 101 Å². The van der Waals surface area contributed by atoms with Gasteiger partial charge in [0.05, 0.1) is 6.61 Å². The van der Waals surface area contributed by atoms with Crippen molar-refractivity contribution in [3.05, 3.63) is 0 Å². The summed E-state index contributed by atoms with van der Waals surface area (Å²) in [6.07, 6.45) is 3.72. The molecule has 0 radical (unpaired) electrons. The lowest BCUT2D eigenvalue weighted by Crippen LogP contribution is -2.27. The summed E-state index contributed by atoms with van der Waals surface area (Å²) in [5.74, 6) is 1.55. The van der Waals surface area contributed by atoms with Crippen molar-refractivity contribution in [2.75, 3.05) is 40.5 Å². The molecular formula is C13H29NO2. The van der Waals surface area contributed by atoms with Gasteiger partial charge in [-0.15, -0.1) is 0 Å². The minimum Gasteiger partial charge on any atom is -0.385 e. The Balaban J connectivity index is 3.63. The van der Waals surface area contributed by atoms with E-state index in [0.717, 1.165) is 38.1 Å². The van der Waals surface area contributed by atoms with Gasteiger partial charge in [0.25, 0.3) is 0 Å². The maximum Gasteiger partial charge on any atom is 0.0587 e. The minimum absolute atomic E-state index is 0.770. The van der Waals surface area contributed by atoms with Gasteiger partial charge in [-0.05, 0) is 37.6 Å². The van der Waals surface area contributed by atoms with E-state index in [-0.39, 0.29) is 0 Å². The van der Waals surface area contributed by atoms with Crippen LogP contribution in [0.1, 0.15) is 33.1 Å². The second-order valence-corrected chi connectivity index (χ2v) is 4.83. The Hall–Kier alpha value is -0.120. The molecule has 0 aromatic rings. The van der Waals surface area contributed by atoms with Crippen LogP contribution in [0.2, 0.25) is 0 Å². The fourth-order valence-corrected chi connectivity index (χ4v) is 1.97. The molecule has 3 nitrogen and oxygen atoms in total. The highest BCUT2D eigenvalue weighted by Crippen LogP contribution is 2.16. The normalized spacial score (nSPS) is 13.3. The quantitative estimate of drug-likeness (QED) is 0.554. The van der Waals surface area contributed by atoms with Crippen molar-refractivity contribution >= 4 is 0 Å². The van der Waals surface area contributed by atoms with Gasteiger partial charge in [-0.1, -0.05) is 13.8 Å². The van der Waals surface area contributed by atoms with Crippen LogP contribution in [0.15, 0.2) is 0 Å². The third kappa shape index (κ3) is 10.4. The molecule has 98 valence electrons. The lowest BCUT2D eigenvalue weighted by molar-refractivity contribution is 0.180. The van der Waals surface area contributed by atoms with Crippen molar-refractivity contribution in [2.24, 2.45) is 11.8 Å². The van der Waals surface area contributed by atoms with Crippen molar-refractivity contribution in [1.82, 2.24) is 5.32 Å². The molecule has 16 heavy (non-hydrogen) atoms. The fraction of sp³-hybridized carbons (Fsp3) is 1.00. The maximum absolute atomic E-state index is 5.10. The monoisotopic (exact) mass is 231 g/mol. The lowest BCUT2D eigenvalue weighted by atomic mass is 9.93. The van der Waals surface area contributed by atoms with Gasteiger partial charge in [0.15, 0.2) is 0 Å². The highest BCUT2D eigenvalue weighted by molar-refractivity contribution is 4.65. The maximum atomic E-state index is 5.10.